The summed E-state index contributed by atoms with van der Waals surface area (Å²) in [7, 11) is 0. The maximum absolute atomic E-state index is 11.2. The first-order valence-electron chi connectivity index (χ1n) is 6.70. The average molecular weight is 271 g/mol. The Bertz CT molecular complexity index is 629. The van der Waals surface area contributed by atoms with Crippen LogP contribution in [-0.4, -0.2) is 41.6 Å². The van der Waals surface area contributed by atoms with Crippen molar-refractivity contribution < 1.29 is 9.53 Å². The zero-order chi connectivity index (χ0) is 13.9. The summed E-state index contributed by atoms with van der Waals surface area (Å²) < 4.78 is 5.34. The number of fused-ring (bicyclic) bond motifs is 1. The normalized spacial score (nSPS) is 20.1. The number of benzene rings is 1. The van der Waals surface area contributed by atoms with Crippen molar-refractivity contribution in [3.05, 3.63) is 42.1 Å². The standard InChI is InChI=1S/C15H17N3O2/c16-15(19)14-10-18(7-8-20-14)9-12-6-5-11-3-1-2-4-13(11)17-12/h1-6,14H,7-10H2,(H2,16,19)/t14-/m1/s1. The molecule has 3 rings (SSSR count). The van der Waals surface area contributed by atoms with Gasteiger partial charge in [-0.25, -0.2) is 0 Å². The summed E-state index contributed by atoms with van der Waals surface area (Å²) in [4.78, 5) is 18.0. The van der Waals surface area contributed by atoms with Crippen molar-refractivity contribution in [2.45, 2.75) is 12.6 Å². The molecule has 1 aromatic carbocycles. The van der Waals surface area contributed by atoms with Crippen LogP contribution >= 0.6 is 0 Å². The maximum Gasteiger partial charge on any atom is 0.247 e. The van der Waals surface area contributed by atoms with Crippen molar-refractivity contribution in [3.63, 3.8) is 0 Å². The molecule has 5 nitrogen and oxygen atoms in total. The number of aromatic nitrogens is 1. The van der Waals surface area contributed by atoms with E-state index >= 15 is 0 Å². The molecular formula is C15H17N3O2. The van der Waals surface area contributed by atoms with E-state index in [9.17, 15) is 4.79 Å². The molecule has 0 radical (unpaired) electrons. The zero-order valence-electron chi connectivity index (χ0n) is 11.2. The quantitative estimate of drug-likeness (QED) is 0.901. The van der Waals surface area contributed by atoms with Crippen LogP contribution in [0.3, 0.4) is 0 Å². The van der Waals surface area contributed by atoms with Crippen LogP contribution in [0.15, 0.2) is 36.4 Å². The zero-order valence-corrected chi connectivity index (χ0v) is 11.2. The largest absolute Gasteiger partial charge is 0.367 e. The second-order valence-electron chi connectivity index (χ2n) is 4.99. The van der Waals surface area contributed by atoms with E-state index in [4.69, 9.17) is 10.5 Å². The number of hydrogen-bond donors (Lipinski definition) is 1. The Hall–Kier alpha value is -1.98. The molecule has 1 atom stereocenters. The molecule has 1 amide bonds. The first-order valence-corrected chi connectivity index (χ1v) is 6.70. The summed E-state index contributed by atoms with van der Waals surface area (Å²) in [6.45, 7) is 2.56. The lowest BCUT2D eigenvalue weighted by Gasteiger charge is -2.30. The van der Waals surface area contributed by atoms with E-state index in [1.165, 1.54) is 0 Å². The van der Waals surface area contributed by atoms with Crippen molar-refractivity contribution in [2.24, 2.45) is 5.73 Å². The molecule has 20 heavy (non-hydrogen) atoms. The molecule has 5 heteroatoms. The third-order valence-electron chi connectivity index (χ3n) is 3.51. The fourth-order valence-corrected chi connectivity index (χ4v) is 2.44. The van der Waals surface area contributed by atoms with Gasteiger partial charge in [0.05, 0.1) is 17.8 Å². The van der Waals surface area contributed by atoms with Crippen LogP contribution in [0.1, 0.15) is 5.69 Å². The number of hydrogen-bond acceptors (Lipinski definition) is 4. The van der Waals surface area contributed by atoms with E-state index in [1.54, 1.807) is 0 Å². The fraction of sp³-hybridized carbons (Fsp3) is 0.333. The molecule has 0 unspecified atom stereocenters. The van der Waals surface area contributed by atoms with Crippen LogP contribution in [0.5, 0.6) is 0 Å². The minimum Gasteiger partial charge on any atom is -0.367 e. The Morgan fingerprint density at radius 3 is 3.05 bits per heavy atom. The molecule has 1 aliphatic heterocycles. The van der Waals surface area contributed by atoms with E-state index in [-0.39, 0.29) is 0 Å². The van der Waals surface area contributed by atoms with Gasteiger partial charge in [0.25, 0.3) is 0 Å². The molecule has 1 aliphatic rings. The SMILES string of the molecule is NC(=O)[C@H]1CN(Cc2ccc3ccccc3n2)CCO1. The third kappa shape index (κ3) is 2.79. The molecule has 0 spiro atoms. The highest BCUT2D eigenvalue weighted by Gasteiger charge is 2.24. The lowest BCUT2D eigenvalue weighted by atomic mass is 10.2. The number of primary amides is 1. The van der Waals surface area contributed by atoms with Gasteiger partial charge in [-0.2, -0.15) is 0 Å². The van der Waals surface area contributed by atoms with Crippen LogP contribution in [-0.2, 0) is 16.1 Å². The van der Waals surface area contributed by atoms with Gasteiger partial charge < -0.3 is 10.5 Å². The lowest BCUT2D eigenvalue weighted by molar-refractivity contribution is -0.135. The highest BCUT2D eigenvalue weighted by Crippen LogP contribution is 2.14. The first kappa shape index (κ1) is 13.0. The highest BCUT2D eigenvalue weighted by molar-refractivity contribution is 5.79. The Morgan fingerprint density at radius 1 is 1.35 bits per heavy atom. The second-order valence-corrected chi connectivity index (χ2v) is 4.99. The maximum atomic E-state index is 11.2. The minimum absolute atomic E-state index is 0.402. The molecule has 2 heterocycles. The molecule has 1 aromatic heterocycles. The monoisotopic (exact) mass is 271 g/mol. The van der Waals surface area contributed by atoms with Crippen molar-refractivity contribution in [1.29, 1.82) is 0 Å². The highest BCUT2D eigenvalue weighted by atomic mass is 16.5. The number of nitrogens with two attached hydrogens (primary N) is 1. The van der Waals surface area contributed by atoms with Gasteiger partial charge in [0.15, 0.2) is 0 Å². The molecule has 104 valence electrons. The Labute approximate surface area is 117 Å². The van der Waals surface area contributed by atoms with E-state index in [1.807, 2.05) is 30.3 Å². The second kappa shape index (κ2) is 5.56. The van der Waals surface area contributed by atoms with Crippen molar-refractivity contribution in [2.75, 3.05) is 19.7 Å². The molecule has 1 saturated heterocycles. The number of amides is 1. The van der Waals surface area contributed by atoms with E-state index in [2.05, 4.69) is 16.0 Å². The third-order valence-corrected chi connectivity index (χ3v) is 3.51. The minimum atomic E-state index is -0.510. The smallest absolute Gasteiger partial charge is 0.247 e. The molecular weight excluding hydrogens is 254 g/mol. The van der Waals surface area contributed by atoms with Crippen LogP contribution in [0.25, 0.3) is 10.9 Å². The number of ether oxygens (including phenoxy) is 1. The summed E-state index contributed by atoms with van der Waals surface area (Å²) in [6.07, 6.45) is -0.510. The summed E-state index contributed by atoms with van der Waals surface area (Å²) in [5.41, 5.74) is 7.28. The molecule has 0 saturated carbocycles. The molecule has 1 fully saturated rings. The Morgan fingerprint density at radius 2 is 2.20 bits per heavy atom. The molecule has 0 aliphatic carbocycles. The summed E-state index contributed by atoms with van der Waals surface area (Å²) >= 11 is 0. The summed E-state index contributed by atoms with van der Waals surface area (Å²) in [6, 6.07) is 12.1. The Balaban J connectivity index is 1.74. The van der Waals surface area contributed by atoms with Crippen LogP contribution in [0.4, 0.5) is 0 Å². The van der Waals surface area contributed by atoms with E-state index in [0.717, 1.165) is 23.1 Å². The van der Waals surface area contributed by atoms with Crippen LogP contribution < -0.4 is 5.73 Å². The van der Waals surface area contributed by atoms with Crippen LogP contribution in [0, 0.1) is 0 Å². The van der Waals surface area contributed by atoms with Crippen molar-refractivity contribution in [3.8, 4) is 0 Å². The summed E-state index contributed by atoms with van der Waals surface area (Å²) in [5, 5.41) is 1.13. The number of morpholine rings is 1. The van der Waals surface area contributed by atoms with Gasteiger partial charge >= 0.3 is 0 Å². The van der Waals surface area contributed by atoms with Crippen LogP contribution in [0.2, 0.25) is 0 Å². The predicted octanol–water partition coefficient (Wildman–Crippen LogP) is 0.921. The topological polar surface area (TPSA) is 68.5 Å². The fourth-order valence-electron chi connectivity index (χ4n) is 2.44. The number of rotatable bonds is 3. The number of para-hydroxylation sites is 1. The average Bonchev–Trinajstić information content (AvgIpc) is 2.47. The molecule has 0 bridgehead atoms. The lowest BCUT2D eigenvalue weighted by Crippen LogP contribution is -2.48. The van der Waals surface area contributed by atoms with Crippen molar-refractivity contribution in [1.82, 2.24) is 9.88 Å². The van der Waals surface area contributed by atoms with Gasteiger partial charge in [-0.1, -0.05) is 24.3 Å². The van der Waals surface area contributed by atoms with Gasteiger partial charge in [-0.15, -0.1) is 0 Å². The summed E-state index contributed by atoms with van der Waals surface area (Å²) in [5.74, 6) is -0.402. The number of carbonyl (C=O) groups excluding carboxylic acids is 1. The van der Waals surface area contributed by atoms with Gasteiger partial charge in [0, 0.05) is 25.0 Å². The van der Waals surface area contributed by atoms with Crippen molar-refractivity contribution >= 4 is 16.8 Å². The van der Waals surface area contributed by atoms with Gasteiger partial charge in [0.1, 0.15) is 6.10 Å². The Kier molecular flexibility index (Phi) is 3.62. The number of nitrogens with zero attached hydrogens (tertiary/aromatic N) is 2. The van der Waals surface area contributed by atoms with Gasteiger partial charge in [-0.05, 0) is 12.1 Å². The predicted molar refractivity (Wildman–Crippen MR) is 76.0 cm³/mol. The van der Waals surface area contributed by atoms with E-state index in [0.29, 0.717) is 19.7 Å². The first-order chi connectivity index (χ1) is 9.72. The number of carbonyl (C=O) groups is 1. The van der Waals surface area contributed by atoms with E-state index < -0.39 is 12.0 Å². The number of pyridine rings is 1. The van der Waals surface area contributed by atoms with Gasteiger partial charge in [-0.3, -0.25) is 14.7 Å². The van der Waals surface area contributed by atoms with Gasteiger partial charge in [0.2, 0.25) is 5.91 Å². The molecule has 2 N–H and O–H groups in total. The molecule has 2 aromatic rings.